The fraction of sp³-hybridized carbons (Fsp3) is 0.0455. The van der Waals surface area contributed by atoms with Crippen LogP contribution in [0.25, 0.3) is 22.2 Å². The number of nitrogens with zero attached hydrogens (tertiary/aromatic N) is 2. The number of carbonyl (C=O) groups is 1. The van der Waals surface area contributed by atoms with Gasteiger partial charge in [-0.1, -0.05) is 29.8 Å². The van der Waals surface area contributed by atoms with E-state index in [2.05, 4.69) is 15.3 Å². The summed E-state index contributed by atoms with van der Waals surface area (Å²) in [5.74, 6) is 0.309. The van der Waals surface area contributed by atoms with E-state index >= 15 is 0 Å². The second-order valence-corrected chi connectivity index (χ2v) is 6.52. The molecular formula is C22H16ClN3O2. The molecule has 2 aromatic heterocycles. The highest BCUT2D eigenvalue weighted by molar-refractivity contribution is 6.32. The van der Waals surface area contributed by atoms with Crippen LogP contribution in [0.4, 0.5) is 5.69 Å². The monoisotopic (exact) mass is 389 g/mol. The lowest BCUT2D eigenvalue weighted by Gasteiger charge is -2.11. The maximum Gasteiger partial charge on any atom is 0.256 e. The number of amides is 1. The molecule has 1 N–H and O–H groups in total. The number of nitrogens with one attached hydrogen (secondary N) is 1. The molecule has 0 spiro atoms. The van der Waals surface area contributed by atoms with Gasteiger partial charge >= 0.3 is 0 Å². The number of ether oxygens (including phenoxy) is 1. The molecule has 2 heterocycles. The van der Waals surface area contributed by atoms with Gasteiger partial charge in [0, 0.05) is 29.0 Å². The Balaban J connectivity index is 1.76. The van der Waals surface area contributed by atoms with Gasteiger partial charge in [-0.3, -0.25) is 9.78 Å². The Morgan fingerprint density at radius 2 is 1.82 bits per heavy atom. The lowest BCUT2D eigenvalue weighted by molar-refractivity contribution is 0.102. The van der Waals surface area contributed by atoms with Gasteiger partial charge in [0.15, 0.2) is 0 Å². The maximum atomic E-state index is 13.1. The average molecular weight is 390 g/mol. The van der Waals surface area contributed by atoms with Crippen LogP contribution >= 0.6 is 11.6 Å². The fourth-order valence-corrected chi connectivity index (χ4v) is 3.23. The van der Waals surface area contributed by atoms with Crippen LogP contribution in [0.3, 0.4) is 0 Å². The number of carbonyl (C=O) groups excluding carboxylic acids is 1. The minimum Gasteiger partial charge on any atom is -0.495 e. The zero-order chi connectivity index (χ0) is 19.5. The molecule has 0 fully saturated rings. The standard InChI is InChI=1S/C22H16ClN3O2/c1-28-21-7-6-15(12-18(21)23)25-22(27)17-13-20(14-8-10-24-11-9-14)26-19-5-3-2-4-16(17)19/h2-13H,1H3,(H,25,27). The molecule has 4 aromatic rings. The van der Waals surface area contributed by atoms with Gasteiger partial charge < -0.3 is 10.1 Å². The largest absolute Gasteiger partial charge is 0.495 e. The number of methoxy groups -OCH3 is 1. The van der Waals surface area contributed by atoms with E-state index in [4.69, 9.17) is 16.3 Å². The third-order valence-electron chi connectivity index (χ3n) is 4.35. The van der Waals surface area contributed by atoms with E-state index in [0.717, 1.165) is 16.5 Å². The van der Waals surface area contributed by atoms with E-state index in [9.17, 15) is 4.79 Å². The second-order valence-electron chi connectivity index (χ2n) is 6.11. The normalized spacial score (nSPS) is 10.6. The van der Waals surface area contributed by atoms with Gasteiger partial charge in [0.25, 0.3) is 5.91 Å². The zero-order valence-electron chi connectivity index (χ0n) is 15.0. The number of benzene rings is 2. The highest BCUT2D eigenvalue weighted by Crippen LogP contribution is 2.29. The SMILES string of the molecule is COc1ccc(NC(=O)c2cc(-c3ccncc3)nc3ccccc23)cc1Cl. The van der Waals surface area contributed by atoms with Gasteiger partial charge in [0.05, 0.1) is 28.9 Å². The van der Waals surface area contributed by atoms with E-state index in [1.54, 1.807) is 43.8 Å². The van der Waals surface area contributed by atoms with Gasteiger partial charge in [-0.15, -0.1) is 0 Å². The Morgan fingerprint density at radius 3 is 2.57 bits per heavy atom. The molecule has 0 atom stereocenters. The summed E-state index contributed by atoms with van der Waals surface area (Å²) in [7, 11) is 1.54. The number of anilines is 1. The lowest BCUT2D eigenvalue weighted by atomic mass is 10.0. The highest BCUT2D eigenvalue weighted by atomic mass is 35.5. The summed E-state index contributed by atoms with van der Waals surface area (Å²) in [6.07, 6.45) is 3.40. The third-order valence-corrected chi connectivity index (χ3v) is 4.64. The molecule has 0 bridgehead atoms. The molecule has 6 heteroatoms. The van der Waals surface area contributed by atoms with E-state index in [1.807, 2.05) is 36.4 Å². The van der Waals surface area contributed by atoms with Gasteiger partial charge in [-0.25, -0.2) is 4.98 Å². The summed E-state index contributed by atoms with van der Waals surface area (Å²) >= 11 is 6.17. The number of hydrogen-bond acceptors (Lipinski definition) is 4. The Bertz CT molecular complexity index is 1160. The number of para-hydroxylation sites is 1. The van der Waals surface area contributed by atoms with Crippen molar-refractivity contribution in [1.29, 1.82) is 0 Å². The number of rotatable bonds is 4. The summed E-state index contributed by atoms with van der Waals surface area (Å²) in [5, 5.41) is 4.11. The average Bonchev–Trinajstić information content (AvgIpc) is 2.73. The number of halogens is 1. The van der Waals surface area contributed by atoms with Crippen molar-refractivity contribution in [3.63, 3.8) is 0 Å². The van der Waals surface area contributed by atoms with E-state index < -0.39 is 0 Å². The van der Waals surface area contributed by atoms with E-state index in [-0.39, 0.29) is 5.91 Å². The molecule has 0 aliphatic carbocycles. The van der Waals surface area contributed by atoms with Crippen molar-refractivity contribution >= 4 is 34.1 Å². The molecule has 138 valence electrons. The molecule has 0 aliphatic rings. The molecule has 4 rings (SSSR count). The summed E-state index contributed by atoms with van der Waals surface area (Å²) < 4.78 is 5.15. The van der Waals surface area contributed by atoms with Crippen molar-refractivity contribution in [1.82, 2.24) is 9.97 Å². The summed E-state index contributed by atoms with van der Waals surface area (Å²) in [6, 6.07) is 18.2. The minimum atomic E-state index is -0.241. The molecule has 0 aliphatic heterocycles. The maximum absolute atomic E-state index is 13.1. The molecule has 0 saturated carbocycles. The first-order valence-corrected chi connectivity index (χ1v) is 8.98. The number of hydrogen-bond donors (Lipinski definition) is 1. The first kappa shape index (κ1) is 17.9. The minimum absolute atomic E-state index is 0.241. The highest BCUT2D eigenvalue weighted by Gasteiger charge is 2.15. The third kappa shape index (κ3) is 3.52. The number of aromatic nitrogens is 2. The number of fused-ring (bicyclic) bond motifs is 1. The van der Waals surface area contributed by atoms with Gasteiger partial charge in [0.1, 0.15) is 5.75 Å². The van der Waals surface area contributed by atoms with Crippen LogP contribution in [0, 0.1) is 0 Å². The molecule has 0 radical (unpaired) electrons. The molecule has 5 nitrogen and oxygen atoms in total. The lowest BCUT2D eigenvalue weighted by Crippen LogP contribution is -2.13. The molecule has 28 heavy (non-hydrogen) atoms. The van der Waals surface area contributed by atoms with Gasteiger partial charge in [0.2, 0.25) is 0 Å². The van der Waals surface area contributed by atoms with Crippen LogP contribution in [0.1, 0.15) is 10.4 Å². The molecular weight excluding hydrogens is 374 g/mol. The van der Waals surface area contributed by atoms with Crippen molar-refractivity contribution in [2.45, 2.75) is 0 Å². The van der Waals surface area contributed by atoms with E-state index in [1.165, 1.54) is 0 Å². The first-order chi connectivity index (χ1) is 13.7. The van der Waals surface area contributed by atoms with Crippen LogP contribution in [0.15, 0.2) is 73.1 Å². The Kier molecular flexibility index (Phi) is 4.91. The van der Waals surface area contributed by atoms with Gasteiger partial charge in [-0.2, -0.15) is 0 Å². The van der Waals surface area contributed by atoms with Crippen LogP contribution in [-0.4, -0.2) is 23.0 Å². The van der Waals surface area contributed by atoms with E-state index in [0.29, 0.717) is 27.7 Å². The molecule has 0 saturated heterocycles. The van der Waals surface area contributed by atoms with Crippen LogP contribution in [0.5, 0.6) is 5.75 Å². The van der Waals surface area contributed by atoms with Gasteiger partial charge in [-0.05, 0) is 42.5 Å². The number of pyridine rings is 2. The zero-order valence-corrected chi connectivity index (χ0v) is 15.8. The smallest absolute Gasteiger partial charge is 0.256 e. The molecule has 2 aromatic carbocycles. The predicted molar refractivity (Wildman–Crippen MR) is 111 cm³/mol. The van der Waals surface area contributed by atoms with Crippen molar-refractivity contribution in [2.24, 2.45) is 0 Å². The van der Waals surface area contributed by atoms with Crippen LogP contribution in [0.2, 0.25) is 5.02 Å². The van der Waals surface area contributed by atoms with Crippen molar-refractivity contribution in [3.8, 4) is 17.0 Å². The molecule has 0 unspecified atom stereocenters. The van der Waals surface area contributed by atoms with Crippen molar-refractivity contribution in [2.75, 3.05) is 12.4 Å². The topological polar surface area (TPSA) is 64.1 Å². The second kappa shape index (κ2) is 7.66. The van der Waals surface area contributed by atoms with Crippen LogP contribution < -0.4 is 10.1 Å². The predicted octanol–water partition coefficient (Wildman–Crippen LogP) is 5.21. The molecule has 1 amide bonds. The Hall–Kier alpha value is -3.44. The van der Waals surface area contributed by atoms with Crippen molar-refractivity contribution < 1.29 is 9.53 Å². The first-order valence-electron chi connectivity index (χ1n) is 8.61. The summed E-state index contributed by atoms with van der Waals surface area (Å²) in [6.45, 7) is 0. The Labute approximate surface area is 167 Å². The summed E-state index contributed by atoms with van der Waals surface area (Å²) in [4.78, 5) is 21.8. The quantitative estimate of drug-likeness (QED) is 0.520. The Morgan fingerprint density at radius 1 is 1.04 bits per heavy atom. The summed E-state index contributed by atoms with van der Waals surface area (Å²) in [5.41, 5.74) is 3.46. The van der Waals surface area contributed by atoms with Crippen LogP contribution in [-0.2, 0) is 0 Å². The fourth-order valence-electron chi connectivity index (χ4n) is 2.98. The van der Waals surface area contributed by atoms with Crippen molar-refractivity contribution in [3.05, 3.63) is 83.6 Å².